The second-order valence-electron chi connectivity index (χ2n) is 7.06. The molecule has 0 aliphatic carbocycles. The molecule has 6 heteroatoms. The van der Waals surface area contributed by atoms with Crippen molar-refractivity contribution < 1.29 is 14.3 Å². The number of morpholine rings is 1. The van der Waals surface area contributed by atoms with Gasteiger partial charge in [0.15, 0.2) is 0 Å². The van der Waals surface area contributed by atoms with Crippen molar-refractivity contribution in [2.45, 2.75) is 44.9 Å². The van der Waals surface area contributed by atoms with Gasteiger partial charge in [0.25, 0.3) is 0 Å². The molecule has 2 atom stereocenters. The summed E-state index contributed by atoms with van der Waals surface area (Å²) in [7, 11) is 2.14. The van der Waals surface area contributed by atoms with Crippen LogP contribution in [0.4, 0.5) is 4.79 Å². The van der Waals surface area contributed by atoms with Gasteiger partial charge in [-0.1, -0.05) is 0 Å². The third-order valence-electron chi connectivity index (χ3n) is 3.89. The molecule has 0 radical (unpaired) electrons. The normalized spacial score (nSPS) is 27.9. The van der Waals surface area contributed by atoms with Crippen molar-refractivity contribution in [2.24, 2.45) is 0 Å². The van der Waals surface area contributed by atoms with Gasteiger partial charge in [0.05, 0.1) is 19.3 Å². The van der Waals surface area contributed by atoms with Crippen LogP contribution in [0, 0.1) is 0 Å². The zero-order chi connectivity index (χ0) is 15.5. The molecule has 122 valence electrons. The standard InChI is InChI=1S/C15H29N3O3/c1-15(2,3)21-14(19)18-7-8-20-11-13(18)9-16-12-5-6-17(4)10-12/h12-13,16H,5-11H2,1-4H3. The minimum atomic E-state index is -0.457. The summed E-state index contributed by atoms with van der Waals surface area (Å²) >= 11 is 0. The highest BCUT2D eigenvalue weighted by Crippen LogP contribution is 2.15. The monoisotopic (exact) mass is 299 g/mol. The molecular formula is C15H29N3O3. The number of nitrogens with one attached hydrogen (secondary N) is 1. The van der Waals surface area contributed by atoms with E-state index in [2.05, 4.69) is 17.3 Å². The fraction of sp³-hybridized carbons (Fsp3) is 0.933. The predicted octanol–water partition coefficient (Wildman–Crippen LogP) is 0.916. The number of hydrogen-bond acceptors (Lipinski definition) is 5. The number of carbonyl (C=O) groups excluding carboxylic acids is 1. The Labute approximate surface area is 127 Å². The van der Waals surface area contributed by atoms with E-state index in [0.29, 0.717) is 25.8 Å². The summed E-state index contributed by atoms with van der Waals surface area (Å²) in [4.78, 5) is 16.4. The molecule has 2 aliphatic heterocycles. The predicted molar refractivity (Wildman–Crippen MR) is 81.5 cm³/mol. The number of likely N-dealkylation sites (N-methyl/N-ethyl adjacent to an activating group) is 1. The Kier molecular flexibility index (Phi) is 5.46. The number of nitrogens with zero attached hydrogens (tertiary/aromatic N) is 2. The SMILES string of the molecule is CN1CCC(NCC2COCCN2C(=O)OC(C)(C)C)C1. The minimum Gasteiger partial charge on any atom is -0.444 e. The lowest BCUT2D eigenvalue weighted by molar-refractivity contribution is -0.0321. The van der Waals surface area contributed by atoms with Crippen LogP contribution in [0.3, 0.4) is 0 Å². The molecule has 2 saturated heterocycles. The van der Waals surface area contributed by atoms with Gasteiger partial charge in [0, 0.05) is 25.7 Å². The van der Waals surface area contributed by atoms with Crippen molar-refractivity contribution in [2.75, 3.05) is 46.4 Å². The third kappa shape index (κ3) is 5.13. The maximum atomic E-state index is 12.3. The zero-order valence-electron chi connectivity index (χ0n) is 13.7. The number of amides is 1. The van der Waals surface area contributed by atoms with Crippen molar-refractivity contribution >= 4 is 6.09 Å². The van der Waals surface area contributed by atoms with E-state index in [1.54, 1.807) is 4.90 Å². The average molecular weight is 299 g/mol. The van der Waals surface area contributed by atoms with Crippen LogP contribution in [-0.2, 0) is 9.47 Å². The number of carbonyl (C=O) groups is 1. The molecule has 0 saturated carbocycles. The highest BCUT2D eigenvalue weighted by molar-refractivity contribution is 5.68. The molecule has 0 aromatic rings. The topological polar surface area (TPSA) is 54.0 Å². The maximum absolute atomic E-state index is 12.3. The van der Waals surface area contributed by atoms with Crippen molar-refractivity contribution in [1.82, 2.24) is 15.1 Å². The maximum Gasteiger partial charge on any atom is 0.410 e. The van der Waals surface area contributed by atoms with Crippen molar-refractivity contribution in [3.63, 3.8) is 0 Å². The van der Waals surface area contributed by atoms with Crippen LogP contribution in [0.1, 0.15) is 27.2 Å². The second kappa shape index (κ2) is 6.94. The number of rotatable bonds is 3. The fourth-order valence-electron chi connectivity index (χ4n) is 2.79. The molecular weight excluding hydrogens is 270 g/mol. The second-order valence-corrected chi connectivity index (χ2v) is 7.06. The molecule has 2 unspecified atom stereocenters. The van der Waals surface area contributed by atoms with Crippen LogP contribution in [0.2, 0.25) is 0 Å². The van der Waals surface area contributed by atoms with Crippen LogP contribution in [0.5, 0.6) is 0 Å². The van der Waals surface area contributed by atoms with E-state index < -0.39 is 5.60 Å². The number of hydrogen-bond donors (Lipinski definition) is 1. The molecule has 2 heterocycles. The van der Waals surface area contributed by atoms with E-state index in [1.165, 1.54) is 0 Å². The van der Waals surface area contributed by atoms with E-state index in [4.69, 9.17) is 9.47 Å². The molecule has 2 aliphatic rings. The molecule has 2 fully saturated rings. The van der Waals surface area contributed by atoms with Gasteiger partial charge < -0.3 is 19.7 Å². The van der Waals surface area contributed by atoms with Crippen LogP contribution in [0.25, 0.3) is 0 Å². The van der Waals surface area contributed by atoms with Gasteiger partial charge in [-0.2, -0.15) is 0 Å². The Bertz CT molecular complexity index is 357. The lowest BCUT2D eigenvalue weighted by Gasteiger charge is -2.37. The van der Waals surface area contributed by atoms with Gasteiger partial charge in [0.2, 0.25) is 0 Å². The summed E-state index contributed by atoms with van der Waals surface area (Å²) in [5.74, 6) is 0. The molecule has 0 spiro atoms. The first-order valence-corrected chi connectivity index (χ1v) is 7.84. The van der Waals surface area contributed by atoms with Crippen LogP contribution in [-0.4, -0.2) is 80.0 Å². The van der Waals surface area contributed by atoms with Gasteiger partial charge in [-0.25, -0.2) is 4.79 Å². The van der Waals surface area contributed by atoms with E-state index in [1.807, 2.05) is 20.8 Å². The smallest absolute Gasteiger partial charge is 0.410 e. The quantitative estimate of drug-likeness (QED) is 0.840. The zero-order valence-corrected chi connectivity index (χ0v) is 13.7. The van der Waals surface area contributed by atoms with E-state index in [0.717, 1.165) is 26.1 Å². The molecule has 1 N–H and O–H groups in total. The summed E-state index contributed by atoms with van der Waals surface area (Å²) in [6, 6.07) is 0.567. The molecule has 0 aromatic heterocycles. The van der Waals surface area contributed by atoms with E-state index >= 15 is 0 Å². The first-order valence-electron chi connectivity index (χ1n) is 7.84. The Hall–Kier alpha value is -0.850. The third-order valence-corrected chi connectivity index (χ3v) is 3.89. The van der Waals surface area contributed by atoms with Crippen LogP contribution < -0.4 is 5.32 Å². The molecule has 1 amide bonds. The Morgan fingerprint density at radius 3 is 2.76 bits per heavy atom. The molecule has 2 rings (SSSR count). The van der Waals surface area contributed by atoms with Crippen LogP contribution in [0.15, 0.2) is 0 Å². The van der Waals surface area contributed by atoms with Crippen molar-refractivity contribution in [1.29, 1.82) is 0 Å². The molecule has 0 bridgehead atoms. The molecule has 0 aromatic carbocycles. The van der Waals surface area contributed by atoms with Crippen molar-refractivity contribution in [3.05, 3.63) is 0 Å². The van der Waals surface area contributed by atoms with E-state index in [9.17, 15) is 4.79 Å². The lowest BCUT2D eigenvalue weighted by Crippen LogP contribution is -2.55. The average Bonchev–Trinajstić information content (AvgIpc) is 2.80. The number of ether oxygens (including phenoxy) is 2. The highest BCUT2D eigenvalue weighted by Gasteiger charge is 2.31. The van der Waals surface area contributed by atoms with Gasteiger partial charge in [-0.05, 0) is 40.8 Å². The Morgan fingerprint density at radius 1 is 1.38 bits per heavy atom. The summed E-state index contributed by atoms with van der Waals surface area (Å²) in [6.07, 6.45) is 0.928. The molecule has 21 heavy (non-hydrogen) atoms. The summed E-state index contributed by atoms with van der Waals surface area (Å²) < 4.78 is 11.0. The van der Waals surface area contributed by atoms with Crippen molar-refractivity contribution in [3.8, 4) is 0 Å². The van der Waals surface area contributed by atoms with Gasteiger partial charge >= 0.3 is 6.09 Å². The highest BCUT2D eigenvalue weighted by atomic mass is 16.6. The van der Waals surface area contributed by atoms with Crippen LogP contribution >= 0.6 is 0 Å². The Balaban J connectivity index is 1.85. The molecule has 6 nitrogen and oxygen atoms in total. The fourth-order valence-corrected chi connectivity index (χ4v) is 2.79. The Morgan fingerprint density at radius 2 is 2.14 bits per heavy atom. The summed E-state index contributed by atoms with van der Waals surface area (Å²) in [5, 5.41) is 3.56. The van der Waals surface area contributed by atoms with Gasteiger partial charge in [-0.15, -0.1) is 0 Å². The minimum absolute atomic E-state index is 0.0551. The lowest BCUT2D eigenvalue weighted by atomic mass is 10.2. The summed E-state index contributed by atoms with van der Waals surface area (Å²) in [5.41, 5.74) is -0.457. The van der Waals surface area contributed by atoms with E-state index in [-0.39, 0.29) is 12.1 Å². The largest absolute Gasteiger partial charge is 0.444 e. The summed E-state index contributed by atoms with van der Waals surface area (Å²) in [6.45, 7) is 10.4. The first kappa shape index (κ1) is 16.5. The number of likely N-dealkylation sites (tertiary alicyclic amines) is 1. The van der Waals surface area contributed by atoms with Gasteiger partial charge in [0.1, 0.15) is 5.60 Å². The first-order chi connectivity index (χ1) is 9.85. The van der Waals surface area contributed by atoms with Gasteiger partial charge in [-0.3, -0.25) is 4.90 Å².